The topological polar surface area (TPSA) is 38.9 Å². The van der Waals surface area contributed by atoms with Gasteiger partial charge in [0.1, 0.15) is 5.82 Å². The molecule has 0 aliphatic rings. The third-order valence-corrected chi connectivity index (χ3v) is 2.92. The van der Waals surface area contributed by atoms with E-state index >= 15 is 0 Å². The van der Waals surface area contributed by atoms with Crippen LogP contribution in [0.2, 0.25) is 10.0 Å². The highest BCUT2D eigenvalue weighted by Crippen LogP contribution is 2.23. The molecule has 0 aliphatic heterocycles. The van der Waals surface area contributed by atoms with Gasteiger partial charge in [0.25, 0.3) is 0 Å². The van der Waals surface area contributed by atoms with Gasteiger partial charge in [0.05, 0.1) is 15.7 Å². The van der Waals surface area contributed by atoms with E-state index in [9.17, 15) is 0 Å². The molecule has 5 heteroatoms. The molecule has 1 aromatic heterocycles. The Bertz CT molecular complexity index is 568. The van der Waals surface area contributed by atoms with Crippen molar-refractivity contribution in [3.63, 3.8) is 0 Å². The van der Waals surface area contributed by atoms with Crippen molar-refractivity contribution in [3.05, 3.63) is 57.7 Å². The van der Waals surface area contributed by atoms with E-state index in [1.807, 2.05) is 30.4 Å². The molecule has 0 spiro atoms. The van der Waals surface area contributed by atoms with Gasteiger partial charge in [-0.05, 0) is 35.9 Å². The molecule has 2 nitrogen and oxygen atoms in total. The number of anilines is 1. The monoisotopic (exact) mass is 300 g/mol. The van der Waals surface area contributed by atoms with Gasteiger partial charge in [0, 0.05) is 0 Å². The largest absolute Gasteiger partial charge is 0.384 e. The molecule has 0 saturated carbocycles. The van der Waals surface area contributed by atoms with E-state index in [1.165, 1.54) is 0 Å². The zero-order valence-electron chi connectivity index (χ0n) is 9.31. The van der Waals surface area contributed by atoms with Gasteiger partial charge in [0.15, 0.2) is 0 Å². The Labute approximate surface area is 122 Å². The molecule has 0 aliphatic carbocycles. The lowest BCUT2D eigenvalue weighted by molar-refractivity contribution is 1.31. The third kappa shape index (κ3) is 3.91. The fourth-order valence-corrected chi connectivity index (χ4v) is 1.67. The summed E-state index contributed by atoms with van der Waals surface area (Å²) < 4.78 is 0. The van der Waals surface area contributed by atoms with Crippen LogP contribution in [0.25, 0.3) is 12.2 Å². The molecule has 2 rings (SSSR count). The van der Waals surface area contributed by atoms with Gasteiger partial charge in [-0.2, -0.15) is 0 Å². The van der Waals surface area contributed by atoms with Crippen molar-refractivity contribution in [1.82, 2.24) is 4.98 Å². The van der Waals surface area contributed by atoms with Crippen molar-refractivity contribution in [2.75, 3.05) is 5.73 Å². The average molecular weight is 302 g/mol. The summed E-state index contributed by atoms with van der Waals surface area (Å²) in [4.78, 5) is 4.16. The molecule has 0 fully saturated rings. The van der Waals surface area contributed by atoms with Crippen molar-refractivity contribution in [1.29, 1.82) is 0 Å². The maximum absolute atomic E-state index is 5.92. The van der Waals surface area contributed by atoms with Crippen LogP contribution in [-0.4, -0.2) is 4.98 Å². The van der Waals surface area contributed by atoms with Crippen molar-refractivity contribution < 1.29 is 0 Å². The van der Waals surface area contributed by atoms with E-state index < -0.39 is 0 Å². The van der Waals surface area contributed by atoms with Gasteiger partial charge in [-0.25, -0.2) is 4.98 Å². The molecule has 0 atom stereocenters. The van der Waals surface area contributed by atoms with Crippen molar-refractivity contribution in [2.45, 2.75) is 0 Å². The maximum atomic E-state index is 5.92. The van der Waals surface area contributed by atoms with E-state index in [0.717, 1.165) is 11.3 Å². The minimum absolute atomic E-state index is 0. The first-order valence-corrected chi connectivity index (χ1v) is 5.76. The second-order valence-corrected chi connectivity index (χ2v) is 4.31. The summed E-state index contributed by atoms with van der Waals surface area (Å²) in [6.45, 7) is 0. The lowest BCUT2D eigenvalue weighted by Crippen LogP contribution is -1.90. The zero-order valence-corrected chi connectivity index (χ0v) is 11.6. The first-order chi connectivity index (χ1) is 8.15. The molecular formula is C13H11Cl3N2. The Kier molecular flexibility index (Phi) is 5.48. The Morgan fingerprint density at radius 3 is 2.44 bits per heavy atom. The molecule has 0 radical (unpaired) electrons. The van der Waals surface area contributed by atoms with Gasteiger partial charge in [-0.3, -0.25) is 0 Å². The number of rotatable bonds is 2. The quantitative estimate of drug-likeness (QED) is 0.883. The van der Waals surface area contributed by atoms with E-state index in [4.69, 9.17) is 28.9 Å². The standard InChI is InChI=1S/C13H10Cl2N2.ClH/c14-11-7-5-9(8-12(11)15)4-6-10-2-1-3-13(16)17-10;/h1-8H,(H2,16,17);1H. The second kappa shape index (κ2) is 6.64. The minimum Gasteiger partial charge on any atom is -0.384 e. The summed E-state index contributed by atoms with van der Waals surface area (Å²) in [5.41, 5.74) is 7.35. The number of nitrogens with zero attached hydrogens (tertiary/aromatic N) is 1. The van der Waals surface area contributed by atoms with Gasteiger partial charge in [-0.15, -0.1) is 12.4 Å². The molecular weight excluding hydrogens is 291 g/mol. The summed E-state index contributed by atoms with van der Waals surface area (Å²) in [6, 6.07) is 10.9. The number of pyridine rings is 1. The molecule has 94 valence electrons. The number of nitrogen functional groups attached to an aromatic ring is 1. The number of nitrogens with two attached hydrogens (primary N) is 1. The lowest BCUT2D eigenvalue weighted by Gasteiger charge is -1.98. The van der Waals surface area contributed by atoms with Crippen LogP contribution in [0.3, 0.4) is 0 Å². The summed E-state index contributed by atoms with van der Waals surface area (Å²) >= 11 is 11.8. The van der Waals surface area contributed by atoms with E-state index in [1.54, 1.807) is 18.2 Å². The van der Waals surface area contributed by atoms with E-state index in [0.29, 0.717) is 15.9 Å². The molecule has 0 saturated heterocycles. The van der Waals surface area contributed by atoms with Gasteiger partial charge in [0.2, 0.25) is 0 Å². The number of hydrogen-bond acceptors (Lipinski definition) is 2. The third-order valence-electron chi connectivity index (χ3n) is 2.18. The molecule has 2 N–H and O–H groups in total. The molecule has 0 amide bonds. The lowest BCUT2D eigenvalue weighted by atomic mass is 10.2. The Balaban J connectivity index is 0.00000162. The Morgan fingerprint density at radius 2 is 1.78 bits per heavy atom. The summed E-state index contributed by atoms with van der Waals surface area (Å²) in [6.07, 6.45) is 3.78. The Morgan fingerprint density at radius 1 is 1.00 bits per heavy atom. The van der Waals surface area contributed by atoms with Crippen LogP contribution in [-0.2, 0) is 0 Å². The van der Waals surface area contributed by atoms with Crippen molar-refractivity contribution in [3.8, 4) is 0 Å². The van der Waals surface area contributed by atoms with Gasteiger partial charge in [-0.1, -0.05) is 41.4 Å². The SMILES string of the molecule is Cl.Nc1cccc(C=Cc2ccc(Cl)c(Cl)c2)n1. The van der Waals surface area contributed by atoms with E-state index in [2.05, 4.69) is 4.98 Å². The van der Waals surface area contributed by atoms with Gasteiger partial charge < -0.3 is 5.73 Å². The smallest absolute Gasteiger partial charge is 0.124 e. The van der Waals surface area contributed by atoms with Crippen LogP contribution >= 0.6 is 35.6 Å². The van der Waals surface area contributed by atoms with Crippen LogP contribution in [0.1, 0.15) is 11.3 Å². The number of aromatic nitrogens is 1. The van der Waals surface area contributed by atoms with Crippen LogP contribution in [0.4, 0.5) is 5.82 Å². The van der Waals surface area contributed by atoms with Crippen LogP contribution in [0.15, 0.2) is 36.4 Å². The highest BCUT2D eigenvalue weighted by Gasteiger charge is 1.97. The maximum Gasteiger partial charge on any atom is 0.124 e. The molecule has 0 bridgehead atoms. The van der Waals surface area contributed by atoms with Crippen LogP contribution in [0, 0.1) is 0 Å². The van der Waals surface area contributed by atoms with Crippen LogP contribution in [0.5, 0.6) is 0 Å². The number of halogens is 3. The fourth-order valence-electron chi connectivity index (χ4n) is 1.36. The molecule has 2 aromatic rings. The van der Waals surface area contributed by atoms with Crippen molar-refractivity contribution >= 4 is 53.6 Å². The molecule has 0 unspecified atom stereocenters. The highest BCUT2D eigenvalue weighted by molar-refractivity contribution is 6.42. The molecule has 1 heterocycles. The van der Waals surface area contributed by atoms with Gasteiger partial charge >= 0.3 is 0 Å². The first-order valence-electron chi connectivity index (χ1n) is 5.01. The highest BCUT2D eigenvalue weighted by atomic mass is 35.5. The fraction of sp³-hybridized carbons (Fsp3) is 0. The predicted octanol–water partition coefficient (Wildman–Crippen LogP) is 4.56. The first kappa shape index (κ1) is 14.8. The summed E-state index contributed by atoms with van der Waals surface area (Å²) in [7, 11) is 0. The Hall–Kier alpha value is -1.22. The minimum atomic E-state index is 0. The molecule has 18 heavy (non-hydrogen) atoms. The average Bonchev–Trinajstić information content (AvgIpc) is 2.31. The summed E-state index contributed by atoms with van der Waals surface area (Å²) in [5, 5.41) is 1.08. The normalized spacial score (nSPS) is 10.3. The van der Waals surface area contributed by atoms with Crippen LogP contribution < -0.4 is 5.73 Å². The predicted molar refractivity (Wildman–Crippen MR) is 81.3 cm³/mol. The number of benzene rings is 1. The summed E-state index contributed by atoms with van der Waals surface area (Å²) in [5.74, 6) is 0.501. The second-order valence-electron chi connectivity index (χ2n) is 3.49. The van der Waals surface area contributed by atoms with E-state index in [-0.39, 0.29) is 12.4 Å². The zero-order chi connectivity index (χ0) is 12.3. The van der Waals surface area contributed by atoms with Crippen molar-refractivity contribution in [2.24, 2.45) is 0 Å². The molecule has 1 aromatic carbocycles. The number of hydrogen-bond donors (Lipinski definition) is 1.